The van der Waals surface area contributed by atoms with Crippen LogP contribution >= 0.6 is 0 Å². The zero-order valence-corrected chi connectivity index (χ0v) is 15.2. The van der Waals surface area contributed by atoms with Crippen molar-refractivity contribution in [2.45, 2.75) is 19.6 Å². The molecule has 2 aromatic rings. The number of amides is 2. The average molecular weight is 390 g/mol. The van der Waals surface area contributed by atoms with Crippen molar-refractivity contribution < 1.29 is 27.8 Å². The predicted molar refractivity (Wildman–Crippen MR) is 98.2 cm³/mol. The summed E-state index contributed by atoms with van der Waals surface area (Å²) in [6, 6.07) is 13.7. The number of halogens is 2. The van der Waals surface area contributed by atoms with E-state index in [1.54, 1.807) is 4.90 Å². The minimum atomic E-state index is -3.01. The molecular weight excluding hydrogens is 370 g/mol. The molecule has 1 unspecified atom stereocenters. The molecule has 2 aromatic carbocycles. The summed E-state index contributed by atoms with van der Waals surface area (Å²) in [7, 11) is 1.33. The van der Waals surface area contributed by atoms with Crippen LogP contribution in [-0.2, 0) is 16.1 Å². The van der Waals surface area contributed by atoms with Crippen molar-refractivity contribution in [3.63, 3.8) is 0 Å². The number of rotatable bonds is 7. The second-order valence-corrected chi connectivity index (χ2v) is 6.39. The van der Waals surface area contributed by atoms with Gasteiger partial charge in [0, 0.05) is 31.3 Å². The lowest BCUT2D eigenvalue weighted by Crippen LogP contribution is -2.28. The molecule has 0 bridgehead atoms. The van der Waals surface area contributed by atoms with Gasteiger partial charge in [-0.2, -0.15) is 8.78 Å². The summed E-state index contributed by atoms with van der Waals surface area (Å²) in [6.45, 7) is -2.27. The van der Waals surface area contributed by atoms with E-state index in [1.807, 2.05) is 30.3 Å². The number of likely N-dealkylation sites (tertiary alicyclic amines) is 1. The Hall–Kier alpha value is -3.16. The number of nitrogens with one attached hydrogen (secondary N) is 1. The highest BCUT2D eigenvalue weighted by molar-refractivity contribution is 5.97. The normalized spacial score (nSPS) is 16.4. The first-order chi connectivity index (χ1) is 13.5. The number of carbonyl (C=O) groups is 2. The number of ether oxygens (including phenoxy) is 2. The number of methoxy groups -OCH3 is 1. The van der Waals surface area contributed by atoms with Gasteiger partial charge in [0.1, 0.15) is 0 Å². The van der Waals surface area contributed by atoms with E-state index in [0.29, 0.717) is 13.1 Å². The van der Waals surface area contributed by atoms with Crippen LogP contribution < -0.4 is 14.8 Å². The molecule has 0 radical (unpaired) electrons. The molecule has 1 aliphatic rings. The van der Waals surface area contributed by atoms with Crippen molar-refractivity contribution in [3.05, 3.63) is 54.1 Å². The largest absolute Gasteiger partial charge is 0.493 e. The van der Waals surface area contributed by atoms with Crippen LogP contribution in [0.3, 0.4) is 0 Å². The Balaban J connectivity index is 1.64. The van der Waals surface area contributed by atoms with Crippen LogP contribution in [0.15, 0.2) is 48.5 Å². The second-order valence-electron chi connectivity index (χ2n) is 6.39. The van der Waals surface area contributed by atoms with Gasteiger partial charge in [-0.3, -0.25) is 9.59 Å². The van der Waals surface area contributed by atoms with Crippen LogP contribution in [0.4, 0.5) is 14.5 Å². The van der Waals surface area contributed by atoms with Crippen molar-refractivity contribution >= 4 is 17.5 Å². The van der Waals surface area contributed by atoms with E-state index >= 15 is 0 Å². The monoisotopic (exact) mass is 390 g/mol. The van der Waals surface area contributed by atoms with E-state index in [2.05, 4.69) is 10.1 Å². The second kappa shape index (κ2) is 8.69. The fourth-order valence-electron chi connectivity index (χ4n) is 3.09. The van der Waals surface area contributed by atoms with E-state index in [0.717, 1.165) is 5.56 Å². The Morgan fingerprint density at radius 1 is 1.21 bits per heavy atom. The summed E-state index contributed by atoms with van der Waals surface area (Å²) in [5, 5.41) is 2.66. The SMILES string of the molecule is COc1ccc(NC(=O)C2CC(=O)N(Cc3ccccc3)C2)cc1OC(F)F. The maximum Gasteiger partial charge on any atom is 0.387 e. The summed E-state index contributed by atoms with van der Waals surface area (Å²) in [5.41, 5.74) is 1.27. The Kier molecular flexibility index (Phi) is 6.08. The fraction of sp³-hybridized carbons (Fsp3) is 0.300. The molecule has 1 aliphatic heterocycles. The van der Waals surface area contributed by atoms with E-state index in [9.17, 15) is 18.4 Å². The lowest BCUT2D eigenvalue weighted by atomic mass is 10.1. The molecule has 2 amide bonds. The lowest BCUT2D eigenvalue weighted by molar-refractivity contribution is -0.128. The van der Waals surface area contributed by atoms with Crippen molar-refractivity contribution in [2.75, 3.05) is 19.0 Å². The van der Waals surface area contributed by atoms with Gasteiger partial charge >= 0.3 is 6.61 Å². The summed E-state index contributed by atoms with van der Waals surface area (Å²) in [6.07, 6.45) is 0.106. The number of hydrogen-bond donors (Lipinski definition) is 1. The maximum absolute atomic E-state index is 12.5. The minimum Gasteiger partial charge on any atom is -0.493 e. The first-order valence-corrected chi connectivity index (χ1v) is 8.71. The van der Waals surface area contributed by atoms with Gasteiger partial charge in [0.25, 0.3) is 0 Å². The smallest absolute Gasteiger partial charge is 0.387 e. The van der Waals surface area contributed by atoms with Gasteiger partial charge in [0.2, 0.25) is 11.8 Å². The molecule has 0 aromatic heterocycles. The van der Waals surface area contributed by atoms with Crippen LogP contribution in [0, 0.1) is 5.92 Å². The number of anilines is 1. The Labute approximate surface area is 161 Å². The number of carbonyl (C=O) groups excluding carboxylic acids is 2. The van der Waals surface area contributed by atoms with E-state index in [1.165, 1.54) is 25.3 Å². The molecule has 0 saturated carbocycles. The van der Waals surface area contributed by atoms with Crippen molar-refractivity contribution in [2.24, 2.45) is 5.92 Å². The van der Waals surface area contributed by atoms with Gasteiger partial charge in [0.15, 0.2) is 11.5 Å². The molecule has 148 valence electrons. The molecule has 1 fully saturated rings. The Morgan fingerprint density at radius 2 is 1.96 bits per heavy atom. The summed E-state index contributed by atoms with van der Waals surface area (Å²) < 4.78 is 34.4. The standard InChI is InChI=1S/C20H20F2N2O4/c1-27-16-8-7-15(10-17(16)28-20(21)22)23-19(26)14-9-18(25)24(12-14)11-13-5-3-2-4-6-13/h2-8,10,14,20H,9,11-12H2,1H3,(H,23,26). The highest BCUT2D eigenvalue weighted by atomic mass is 19.3. The molecule has 1 saturated heterocycles. The maximum atomic E-state index is 12.5. The zero-order chi connectivity index (χ0) is 20.1. The van der Waals surface area contributed by atoms with Crippen molar-refractivity contribution in [1.29, 1.82) is 0 Å². The van der Waals surface area contributed by atoms with Crippen molar-refractivity contribution in [1.82, 2.24) is 4.90 Å². The van der Waals surface area contributed by atoms with Gasteiger partial charge in [-0.15, -0.1) is 0 Å². The highest BCUT2D eigenvalue weighted by Gasteiger charge is 2.34. The third-order valence-corrected chi connectivity index (χ3v) is 4.45. The zero-order valence-electron chi connectivity index (χ0n) is 15.2. The van der Waals surface area contributed by atoms with Crippen LogP contribution in [0.2, 0.25) is 0 Å². The Bertz CT molecular complexity index is 845. The number of benzene rings is 2. The van der Waals surface area contributed by atoms with Gasteiger partial charge in [0.05, 0.1) is 13.0 Å². The van der Waals surface area contributed by atoms with Crippen LogP contribution in [0.1, 0.15) is 12.0 Å². The molecule has 28 heavy (non-hydrogen) atoms. The highest BCUT2D eigenvalue weighted by Crippen LogP contribution is 2.32. The average Bonchev–Trinajstić information content (AvgIpc) is 3.03. The molecule has 0 aliphatic carbocycles. The quantitative estimate of drug-likeness (QED) is 0.788. The lowest BCUT2D eigenvalue weighted by Gasteiger charge is -2.17. The van der Waals surface area contributed by atoms with Gasteiger partial charge < -0.3 is 19.7 Å². The molecule has 1 N–H and O–H groups in total. The molecule has 3 rings (SSSR count). The summed E-state index contributed by atoms with van der Waals surface area (Å²) in [4.78, 5) is 26.4. The first kappa shape index (κ1) is 19.6. The van der Waals surface area contributed by atoms with Gasteiger partial charge in [-0.1, -0.05) is 30.3 Å². The first-order valence-electron chi connectivity index (χ1n) is 8.71. The molecular formula is C20H20F2N2O4. The van der Waals surface area contributed by atoms with E-state index < -0.39 is 12.5 Å². The number of alkyl halides is 2. The summed E-state index contributed by atoms with van der Waals surface area (Å²) >= 11 is 0. The number of hydrogen-bond acceptors (Lipinski definition) is 4. The molecule has 8 heteroatoms. The molecule has 0 spiro atoms. The third kappa shape index (κ3) is 4.76. The molecule has 1 atom stereocenters. The molecule has 1 heterocycles. The van der Waals surface area contributed by atoms with Crippen LogP contribution in [0.25, 0.3) is 0 Å². The van der Waals surface area contributed by atoms with Gasteiger partial charge in [-0.25, -0.2) is 0 Å². The summed E-state index contributed by atoms with van der Waals surface area (Å²) in [5.74, 6) is -1.01. The third-order valence-electron chi connectivity index (χ3n) is 4.45. The fourth-order valence-corrected chi connectivity index (χ4v) is 3.09. The predicted octanol–water partition coefficient (Wildman–Crippen LogP) is 3.28. The topological polar surface area (TPSA) is 67.9 Å². The van der Waals surface area contributed by atoms with E-state index in [4.69, 9.17) is 4.74 Å². The van der Waals surface area contributed by atoms with Crippen molar-refractivity contribution in [3.8, 4) is 11.5 Å². The van der Waals surface area contributed by atoms with Crippen LogP contribution in [0.5, 0.6) is 11.5 Å². The number of nitrogens with zero attached hydrogens (tertiary/aromatic N) is 1. The Morgan fingerprint density at radius 3 is 2.64 bits per heavy atom. The van der Waals surface area contributed by atoms with E-state index in [-0.39, 0.29) is 35.4 Å². The van der Waals surface area contributed by atoms with Gasteiger partial charge in [-0.05, 0) is 17.7 Å². The molecule has 6 nitrogen and oxygen atoms in total. The van der Waals surface area contributed by atoms with Crippen LogP contribution in [-0.4, -0.2) is 37.0 Å². The minimum absolute atomic E-state index is 0.0968.